The van der Waals surface area contributed by atoms with Crippen LogP contribution >= 0.6 is 0 Å². The molecule has 10 nitrogen and oxygen atoms in total. The van der Waals surface area contributed by atoms with E-state index in [1.165, 1.54) is 33.3 Å². The molecule has 1 saturated heterocycles. The molecule has 0 spiro atoms. The highest BCUT2D eigenvalue weighted by Gasteiger charge is 2.37. The number of ether oxygens (including phenoxy) is 3. The van der Waals surface area contributed by atoms with E-state index in [2.05, 4.69) is 10.6 Å². The molecule has 194 valence electrons. The number of benzene rings is 3. The standard InChI is InChI=1S/C28H25N3O7/c1-17(32)29-20-8-10-22(11-9-20)38-16-19-13-18(7-12-25(19)37-3)14-24-26(33)30-28(35)31(27(24)34)21-5-4-6-23(15-21)36-2/h4-15H,16H2,1-3H3,(H,29,32)(H,30,33,35). The molecule has 3 aromatic rings. The number of hydrogen-bond acceptors (Lipinski definition) is 7. The molecule has 0 aliphatic carbocycles. The van der Waals surface area contributed by atoms with Gasteiger partial charge >= 0.3 is 6.03 Å². The van der Waals surface area contributed by atoms with Crippen molar-refractivity contribution < 1.29 is 33.4 Å². The molecule has 0 bridgehead atoms. The summed E-state index contributed by atoms with van der Waals surface area (Å²) in [7, 11) is 2.99. The van der Waals surface area contributed by atoms with Gasteiger partial charge in [-0.2, -0.15) is 0 Å². The Bertz CT molecular complexity index is 1430. The van der Waals surface area contributed by atoms with E-state index in [-0.39, 0.29) is 23.8 Å². The molecule has 10 heteroatoms. The van der Waals surface area contributed by atoms with Crippen LogP contribution < -0.4 is 29.7 Å². The van der Waals surface area contributed by atoms with Crippen molar-refractivity contribution in [1.29, 1.82) is 0 Å². The Labute approximate surface area is 218 Å². The summed E-state index contributed by atoms with van der Waals surface area (Å²) < 4.78 is 16.5. The summed E-state index contributed by atoms with van der Waals surface area (Å²) >= 11 is 0. The average Bonchev–Trinajstić information content (AvgIpc) is 2.90. The number of carbonyl (C=O) groups excluding carboxylic acids is 4. The topological polar surface area (TPSA) is 123 Å². The summed E-state index contributed by atoms with van der Waals surface area (Å²) in [5, 5.41) is 4.90. The van der Waals surface area contributed by atoms with Crippen LogP contribution in [0.4, 0.5) is 16.2 Å². The van der Waals surface area contributed by atoms with Gasteiger partial charge in [0.15, 0.2) is 0 Å². The number of imide groups is 2. The van der Waals surface area contributed by atoms with Gasteiger partial charge in [-0.05, 0) is 60.2 Å². The fourth-order valence-corrected chi connectivity index (χ4v) is 3.81. The molecule has 5 amide bonds. The average molecular weight is 516 g/mol. The van der Waals surface area contributed by atoms with Crippen LogP contribution in [-0.4, -0.2) is 38.0 Å². The minimum atomic E-state index is -0.848. The van der Waals surface area contributed by atoms with Gasteiger partial charge in [-0.15, -0.1) is 0 Å². The molecule has 0 radical (unpaired) electrons. The second kappa shape index (κ2) is 11.3. The number of methoxy groups -OCH3 is 2. The van der Waals surface area contributed by atoms with Gasteiger partial charge < -0.3 is 19.5 Å². The summed E-state index contributed by atoms with van der Waals surface area (Å²) in [6, 6.07) is 17.5. The largest absolute Gasteiger partial charge is 0.497 e. The van der Waals surface area contributed by atoms with E-state index in [0.717, 1.165) is 4.90 Å². The number of rotatable bonds is 8. The molecular formula is C28H25N3O7. The van der Waals surface area contributed by atoms with Crippen LogP contribution in [0, 0.1) is 0 Å². The fourth-order valence-electron chi connectivity index (χ4n) is 3.81. The lowest BCUT2D eigenvalue weighted by atomic mass is 10.0. The molecule has 1 fully saturated rings. The molecule has 0 unspecified atom stereocenters. The highest BCUT2D eigenvalue weighted by Crippen LogP contribution is 2.27. The van der Waals surface area contributed by atoms with Crippen LogP contribution in [0.2, 0.25) is 0 Å². The number of hydrogen-bond donors (Lipinski definition) is 2. The maximum absolute atomic E-state index is 13.2. The molecule has 38 heavy (non-hydrogen) atoms. The Kier molecular flexibility index (Phi) is 7.72. The van der Waals surface area contributed by atoms with Gasteiger partial charge in [0, 0.05) is 24.2 Å². The molecule has 0 saturated carbocycles. The zero-order valence-corrected chi connectivity index (χ0v) is 20.9. The minimum Gasteiger partial charge on any atom is -0.497 e. The summed E-state index contributed by atoms with van der Waals surface area (Å²) in [4.78, 5) is 50.4. The second-order valence-corrected chi connectivity index (χ2v) is 8.22. The first-order valence-corrected chi connectivity index (χ1v) is 11.5. The number of anilines is 2. The Morgan fingerprint density at radius 2 is 1.71 bits per heavy atom. The van der Waals surface area contributed by atoms with Gasteiger partial charge in [-0.3, -0.25) is 19.7 Å². The van der Waals surface area contributed by atoms with E-state index in [9.17, 15) is 19.2 Å². The van der Waals surface area contributed by atoms with E-state index in [0.29, 0.717) is 34.1 Å². The van der Waals surface area contributed by atoms with Crippen LogP contribution in [0.5, 0.6) is 17.2 Å². The fraction of sp³-hybridized carbons (Fsp3) is 0.143. The van der Waals surface area contributed by atoms with Gasteiger partial charge in [-0.1, -0.05) is 12.1 Å². The Morgan fingerprint density at radius 3 is 2.39 bits per heavy atom. The van der Waals surface area contributed by atoms with E-state index in [4.69, 9.17) is 14.2 Å². The molecule has 4 rings (SSSR count). The van der Waals surface area contributed by atoms with Crippen molar-refractivity contribution in [3.8, 4) is 17.2 Å². The Hall–Kier alpha value is -5.12. The van der Waals surface area contributed by atoms with Gasteiger partial charge in [0.25, 0.3) is 11.8 Å². The van der Waals surface area contributed by atoms with E-state index >= 15 is 0 Å². The molecule has 3 aromatic carbocycles. The van der Waals surface area contributed by atoms with Gasteiger partial charge in [-0.25, -0.2) is 9.69 Å². The molecule has 1 heterocycles. The first-order chi connectivity index (χ1) is 18.3. The van der Waals surface area contributed by atoms with Crippen LogP contribution in [-0.2, 0) is 21.0 Å². The third-order valence-corrected chi connectivity index (χ3v) is 5.60. The first-order valence-electron chi connectivity index (χ1n) is 11.5. The molecule has 1 aliphatic rings. The minimum absolute atomic E-state index is 0.133. The van der Waals surface area contributed by atoms with E-state index in [1.54, 1.807) is 60.7 Å². The third kappa shape index (κ3) is 5.81. The normalized spacial score (nSPS) is 14.2. The highest BCUT2D eigenvalue weighted by molar-refractivity contribution is 6.39. The van der Waals surface area contributed by atoms with Crippen molar-refractivity contribution in [2.24, 2.45) is 0 Å². The maximum Gasteiger partial charge on any atom is 0.335 e. The van der Waals surface area contributed by atoms with Crippen molar-refractivity contribution in [2.75, 3.05) is 24.4 Å². The van der Waals surface area contributed by atoms with Crippen LogP contribution in [0.15, 0.2) is 72.3 Å². The van der Waals surface area contributed by atoms with Gasteiger partial charge in [0.1, 0.15) is 29.4 Å². The van der Waals surface area contributed by atoms with Crippen LogP contribution in [0.1, 0.15) is 18.1 Å². The van der Waals surface area contributed by atoms with Crippen molar-refractivity contribution in [3.63, 3.8) is 0 Å². The predicted molar refractivity (Wildman–Crippen MR) is 140 cm³/mol. The van der Waals surface area contributed by atoms with E-state index in [1.807, 2.05) is 0 Å². The smallest absolute Gasteiger partial charge is 0.335 e. The maximum atomic E-state index is 13.2. The number of nitrogens with zero attached hydrogens (tertiary/aromatic N) is 1. The SMILES string of the molecule is COc1cccc(N2C(=O)NC(=O)C(=Cc3ccc(OC)c(COc4ccc(NC(C)=O)cc4)c3)C2=O)c1. The number of carbonyl (C=O) groups is 4. The number of amides is 5. The van der Waals surface area contributed by atoms with Crippen molar-refractivity contribution in [2.45, 2.75) is 13.5 Å². The van der Waals surface area contributed by atoms with Crippen molar-refractivity contribution >= 4 is 41.2 Å². The van der Waals surface area contributed by atoms with Crippen molar-refractivity contribution in [3.05, 3.63) is 83.4 Å². The molecule has 1 aliphatic heterocycles. The summed E-state index contributed by atoms with van der Waals surface area (Å²) in [5.41, 5.74) is 1.89. The van der Waals surface area contributed by atoms with Gasteiger partial charge in [0.2, 0.25) is 5.91 Å². The monoisotopic (exact) mass is 515 g/mol. The molecule has 0 aromatic heterocycles. The highest BCUT2D eigenvalue weighted by atomic mass is 16.5. The Balaban J connectivity index is 1.58. The van der Waals surface area contributed by atoms with Gasteiger partial charge in [0.05, 0.1) is 19.9 Å². The lowest BCUT2D eigenvalue weighted by Crippen LogP contribution is -2.54. The quantitative estimate of drug-likeness (QED) is 0.344. The first kappa shape index (κ1) is 26.0. The lowest BCUT2D eigenvalue weighted by Gasteiger charge is -2.26. The molecule has 0 atom stereocenters. The summed E-state index contributed by atoms with van der Waals surface area (Å²) in [6.07, 6.45) is 1.41. The number of urea groups is 1. The summed E-state index contributed by atoms with van der Waals surface area (Å²) in [6.45, 7) is 1.56. The summed E-state index contributed by atoms with van der Waals surface area (Å²) in [5.74, 6) is -0.161. The number of nitrogens with one attached hydrogen (secondary N) is 2. The van der Waals surface area contributed by atoms with Crippen molar-refractivity contribution in [1.82, 2.24) is 5.32 Å². The zero-order valence-electron chi connectivity index (χ0n) is 20.9. The Morgan fingerprint density at radius 1 is 0.947 bits per heavy atom. The third-order valence-electron chi connectivity index (χ3n) is 5.60. The number of barbiturate groups is 1. The second-order valence-electron chi connectivity index (χ2n) is 8.22. The van der Waals surface area contributed by atoms with Crippen LogP contribution in [0.3, 0.4) is 0 Å². The zero-order chi connectivity index (χ0) is 27.2. The van der Waals surface area contributed by atoms with E-state index < -0.39 is 17.8 Å². The lowest BCUT2D eigenvalue weighted by molar-refractivity contribution is -0.122. The molecular weight excluding hydrogens is 490 g/mol. The molecule has 2 N–H and O–H groups in total. The predicted octanol–water partition coefficient (Wildman–Crippen LogP) is 3.91. The van der Waals surface area contributed by atoms with Crippen LogP contribution in [0.25, 0.3) is 6.08 Å².